The molecule has 3 aliphatic rings. The smallest absolute Gasteiger partial charge is 0.167 e. The van der Waals surface area contributed by atoms with Gasteiger partial charge in [0.2, 0.25) is 0 Å². The number of aliphatic hydroxyl groups excluding tert-OH is 1. The van der Waals surface area contributed by atoms with Crippen molar-refractivity contribution in [2.45, 2.75) is 69.5 Å². The average molecular weight is 438 g/mol. The van der Waals surface area contributed by atoms with Crippen molar-refractivity contribution in [1.29, 1.82) is 0 Å². The fraction of sp³-hybridized carbons (Fsp3) is 0.522. The van der Waals surface area contributed by atoms with Crippen LogP contribution in [0.15, 0.2) is 36.9 Å². The van der Waals surface area contributed by atoms with Crippen LogP contribution < -0.4 is 5.32 Å². The van der Waals surface area contributed by atoms with Crippen molar-refractivity contribution in [3.8, 4) is 0 Å². The van der Waals surface area contributed by atoms with E-state index in [0.717, 1.165) is 19.3 Å². The molecular formula is C23H27N5O4. The summed E-state index contributed by atoms with van der Waals surface area (Å²) in [5.74, 6) is -0.0373. The number of anilines is 1. The minimum Gasteiger partial charge on any atom is -0.394 e. The molecule has 0 saturated carbocycles. The standard InChI is InChI=1S/C23H27N5O4/c1-23(2)31-18-16(10-29)30-22(19(18)32-23)28-12-26-17-20(24-11-25-21(17)28)27-15-9-5-7-13-6-3-4-8-14(13)15/h3-4,6,8,11-12,15-16,18-19,22,29H,5,7,9-10H2,1-2H3,(H,24,25,27)/t15?,16-,18-,19-,22-/m1/s1. The first kappa shape index (κ1) is 20.0. The average Bonchev–Trinajstić information content (AvgIpc) is 3.45. The molecule has 2 fully saturated rings. The van der Waals surface area contributed by atoms with Gasteiger partial charge in [-0.25, -0.2) is 15.0 Å². The van der Waals surface area contributed by atoms with Gasteiger partial charge in [-0.05, 0) is 44.2 Å². The van der Waals surface area contributed by atoms with E-state index >= 15 is 0 Å². The summed E-state index contributed by atoms with van der Waals surface area (Å²) in [4.78, 5) is 13.6. The molecule has 1 aromatic carbocycles. The lowest BCUT2D eigenvalue weighted by Crippen LogP contribution is -2.31. The molecule has 9 nitrogen and oxygen atoms in total. The zero-order valence-corrected chi connectivity index (χ0v) is 18.1. The number of aliphatic hydroxyl groups is 1. The largest absolute Gasteiger partial charge is 0.394 e. The van der Waals surface area contributed by atoms with Gasteiger partial charge in [0.25, 0.3) is 0 Å². The Hall–Kier alpha value is -2.59. The molecule has 2 N–H and O–H groups in total. The summed E-state index contributed by atoms with van der Waals surface area (Å²) in [5, 5.41) is 13.4. The summed E-state index contributed by atoms with van der Waals surface area (Å²) in [5.41, 5.74) is 4.04. The van der Waals surface area contributed by atoms with Gasteiger partial charge in [0, 0.05) is 0 Å². The number of aryl methyl sites for hydroxylation is 1. The van der Waals surface area contributed by atoms with Crippen LogP contribution in [0.1, 0.15) is 50.1 Å². The molecule has 2 saturated heterocycles. The second-order valence-corrected chi connectivity index (χ2v) is 9.15. The van der Waals surface area contributed by atoms with Gasteiger partial charge in [0.1, 0.15) is 24.6 Å². The Bertz CT molecular complexity index is 1150. The Balaban J connectivity index is 1.33. The van der Waals surface area contributed by atoms with E-state index in [2.05, 4.69) is 44.5 Å². The summed E-state index contributed by atoms with van der Waals surface area (Å²) in [7, 11) is 0. The number of rotatable bonds is 4. The molecule has 6 rings (SSSR count). The van der Waals surface area contributed by atoms with Crippen LogP contribution in [0.4, 0.5) is 5.82 Å². The summed E-state index contributed by atoms with van der Waals surface area (Å²) >= 11 is 0. The van der Waals surface area contributed by atoms with Gasteiger partial charge in [0.05, 0.1) is 19.0 Å². The van der Waals surface area contributed by atoms with Crippen molar-refractivity contribution in [3.63, 3.8) is 0 Å². The van der Waals surface area contributed by atoms with Crippen LogP contribution >= 0.6 is 0 Å². The van der Waals surface area contributed by atoms with E-state index in [0.29, 0.717) is 17.0 Å². The summed E-state index contributed by atoms with van der Waals surface area (Å²) < 4.78 is 20.1. The molecule has 1 aliphatic carbocycles. The lowest BCUT2D eigenvalue weighted by molar-refractivity contribution is -0.199. The molecule has 0 radical (unpaired) electrons. The number of nitrogens with zero attached hydrogens (tertiary/aromatic N) is 4. The first-order valence-corrected chi connectivity index (χ1v) is 11.2. The summed E-state index contributed by atoms with van der Waals surface area (Å²) in [6.45, 7) is 3.59. The topological polar surface area (TPSA) is 104 Å². The third kappa shape index (κ3) is 3.19. The molecule has 5 atom stereocenters. The molecule has 0 spiro atoms. The third-order valence-electron chi connectivity index (χ3n) is 6.62. The zero-order valence-electron chi connectivity index (χ0n) is 18.1. The fourth-order valence-corrected chi connectivity index (χ4v) is 5.24. The Kier molecular flexibility index (Phi) is 4.69. The van der Waals surface area contributed by atoms with Gasteiger partial charge in [-0.2, -0.15) is 0 Å². The zero-order chi connectivity index (χ0) is 21.9. The van der Waals surface area contributed by atoms with Crippen LogP contribution in [0.3, 0.4) is 0 Å². The van der Waals surface area contributed by atoms with Gasteiger partial charge in [0.15, 0.2) is 29.0 Å². The molecule has 4 heterocycles. The van der Waals surface area contributed by atoms with Crippen molar-refractivity contribution in [2.75, 3.05) is 11.9 Å². The van der Waals surface area contributed by atoms with Crippen LogP contribution in [-0.4, -0.2) is 55.3 Å². The Morgan fingerprint density at radius 1 is 1.16 bits per heavy atom. The predicted octanol–water partition coefficient (Wildman–Crippen LogP) is 2.73. The predicted molar refractivity (Wildman–Crippen MR) is 116 cm³/mol. The van der Waals surface area contributed by atoms with E-state index in [4.69, 9.17) is 14.2 Å². The number of imidazole rings is 1. The maximum absolute atomic E-state index is 9.80. The monoisotopic (exact) mass is 437 g/mol. The summed E-state index contributed by atoms with van der Waals surface area (Å²) in [6, 6.07) is 8.74. The quantitative estimate of drug-likeness (QED) is 0.642. The molecule has 168 valence electrons. The first-order chi connectivity index (χ1) is 15.5. The van der Waals surface area contributed by atoms with Crippen LogP contribution in [-0.2, 0) is 20.6 Å². The number of aromatic nitrogens is 4. The van der Waals surface area contributed by atoms with Crippen LogP contribution in [0.5, 0.6) is 0 Å². The highest BCUT2D eigenvalue weighted by Gasteiger charge is 2.56. The molecule has 2 aromatic heterocycles. The van der Waals surface area contributed by atoms with Crippen molar-refractivity contribution >= 4 is 17.0 Å². The van der Waals surface area contributed by atoms with E-state index in [1.807, 2.05) is 18.4 Å². The van der Waals surface area contributed by atoms with E-state index in [1.54, 1.807) is 12.7 Å². The van der Waals surface area contributed by atoms with Gasteiger partial charge < -0.3 is 24.6 Å². The van der Waals surface area contributed by atoms with Crippen LogP contribution in [0, 0.1) is 0 Å². The third-order valence-corrected chi connectivity index (χ3v) is 6.62. The minimum absolute atomic E-state index is 0.146. The number of ether oxygens (including phenoxy) is 3. The van der Waals surface area contributed by atoms with E-state index in [9.17, 15) is 5.11 Å². The van der Waals surface area contributed by atoms with Crippen molar-refractivity contribution < 1.29 is 19.3 Å². The molecule has 32 heavy (non-hydrogen) atoms. The molecular weight excluding hydrogens is 410 g/mol. The molecule has 2 aliphatic heterocycles. The molecule has 0 bridgehead atoms. The fourth-order valence-electron chi connectivity index (χ4n) is 5.24. The molecule has 1 unspecified atom stereocenters. The molecule has 0 amide bonds. The first-order valence-electron chi connectivity index (χ1n) is 11.2. The number of hydrogen-bond acceptors (Lipinski definition) is 8. The van der Waals surface area contributed by atoms with Crippen molar-refractivity contribution in [1.82, 2.24) is 19.5 Å². The Morgan fingerprint density at radius 3 is 2.88 bits per heavy atom. The van der Waals surface area contributed by atoms with Gasteiger partial charge in [-0.15, -0.1) is 0 Å². The number of hydrogen-bond donors (Lipinski definition) is 2. The van der Waals surface area contributed by atoms with Gasteiger partial charge in [-0.3, -0.25) is 4.57 Å². The normalized spacial score (nSPS) is 30.9. The van der Waals surface area contributed by atoms with E-state index in [-0.39, 0.29) is 24.9 Å². The maximum Gasteiger partial charge on any atom is 0.167 e. The second-order valence-electron chi connectivity index (χ2n) is 9.15. The Labute approximate surface area is 185 Å². The second kappa shape index (κ2) is 7.48. The van der Waals surface area contributed by atoms with Crippen LogP contribution in [0.2, 0.25) is 0 Å². The van der Waals surface area contributed by atoms with Gasteiger partial charge in [-0.1, -0.05) is 24.3 Å². The number of fused-ring (bicyclic) bond motifs is 3. The highest BCUT2D eigenvalue weighted by molar-refractivity contribution is 5.83. The lowest BCUT2D eigenvalue weighted by Gasteiger charge is -2.26. The summed E-state index contributed by atoms with van der Waals surface area (Å²) in [6.07, 6.45) is 4.84. The maximum atomic E-state index is 9.80. The van der Waals surface area contributed by atoms with Crippen molar-refractivity contribution in [2.24, 2.45) is 0 Å². The minimum atomic E-state index is -0.739. The number of benzene rings is 1. The van der Waals surface area contributed by atoms with E-state index < -0.39 is 18.1 Å². The molecule has 9 heteroatoms. The highest BCUT2D eigenvalue weighted by atomic mass is 16.8. The van der Waals surface area contributed by atoms with Crippen molar-refractivity contribution in [3.05, 3.63) is 48.0 Å². The van der Waals surface area contributed by atoms with Crippen LogP contribution in [0.25, 0.3) is 11.2 Å². The number of nitrogens with one attached hydrogen (secondary N) is 1. The molecule has 3 aromatic rings. The lowest BCUT2D eigenvalue weighted by atomic mass is 9.88. The SMILES string of the molecule is CC1(C)O[C@@H]2[C@H](O1)[C@@H](CO)O[C@H]2n1cnc2c(NC3CCCc4ccccc43)ncnc21. The van der Waals surface area contributed by atoms with Gasteiger partial charge >= 0.3 is 0 Å². The van der Waals surface area contributed by atoms with E-state index in [1.165, 1.54) is 11.1 Å². The Morgan fingerprint density at radius 2 is 2.00 bits per heavy atom. The highest BCUT2D eigenvalue weighted by Crippen LogP contribution is 2.44.